The molecule has 1 N–H and O–H groups in total. The topological polar surface area (TPSA) is 57.7 Å². The number of nitrogens with one attached hydrogen (secondary N) is 1. The number of rotatable bonds is 7. The second-order valence-corrected chi connectivity index (χ2v) is 8.18. The van der Waals surface area contributed by atoms with Gasteiger partial charge in [0, 0.05) is 30.6 Å². The average Bonchev–Trinajstić information content (AvgIpc) is 3.15. The quantitative estimate of drug-likeness (QED) is 0.765. The fraction of sp³-hybridized carbons (Fsp3) is 0.500. The number of hydrogen-bond donors (Lipinski definition) is 1. The van der Waals surface area contributed by atoms with Crippen LogP contribution in [0.2, 0.25) is 0 Å². The molecule has 1 fully saturated rings. The summed E-state index contributed by atoms with van der Waals surface area (Å²) in [5.41, 5.74) is 1.29. The van der Waals surface area contributed by atoms with Crippen LogP contribution in [0.5, 0.6) is 5.75 Å². The van der Waals surface area contributed by atoms with Gasteiger partial charge in [-0.1, -0.05) is 0 Å². The van der Waals surface area contributed by atoms with E-state index < -0.39 is 5.82 Å². The van der Waals surface area contributed by atoms with Crippen molar-refractivity contribution in [2.24, 2.45) is 5.92 Å². The van der Waals surface area contributed by atoms with E-state index in [-0.39, 0.29) is 17.6 Å². The first-order valence-electron chi connectivity index (χ1n) is 9.43. The number of hydrogen-bond acceptors (Lipinski definition) is 6. The fourth-order valence-electron chi connectivity index (χ4n) is 3.31. The van der Waals surface area contributed by atoms with Crippen molar-refractivity contribution in [1.82, 2.24) is 14.8 Å². The van der Waals surface area contributed by atoms with Gasteiger partial charge in [-0.05, 0) is 51.7 Å². The van der Waals surface area contributed by atoms with E-state index in [1.807, 2.05) is 5.38 Å². The predicted octanol–water partition coefficient (Wildman–Crippen LogP) is 3.17. The van der Waals surface area contributed by atoms with E-state index in [1.165, 1.54) is 24.5 Å². The van der Waals surface area contributed by atoms with E-state index in [4.69, 9.17) is 4.74 Å². The lowest BCUT2D eigenvalue weighted by atomic mass is 9.97. The summed E-state index contributed by atoms with van der Waals surface area (Å²) in [4.78, 5) is 21.6. The largest absolute Gasteiger partial charge is 0.494 e. The minimum Gasteiger partial charge on any atom is -0.494 e. The number of piperidine rings is 1. The molecule has 28 heavy (non-hydrogen) atoms. The van der Waals surface area contributed by atoms with Crippen LogP contribution in [0.4, 0.5) is 9.52 Å². The molecule has 1 aliphatic heterocycles. The number of carbonyl (C=O) groups is 1. The second kappa shape index (κ2) is 9.45. The molecule has 0 radical (unpaired) electrons. The monoisotopic (exact) mass is 406 g/mol. The van der Waals surface area contributed by atoms with Crippen molar-refractivity contribution < 1.29 is 13.9 Å². The average molecular weight is 407 g/mol. The summed E-state index contributed by atoms with van der Waals surface area (Å²) in [6, 6.07) is 4.72. The maximum atomic E-state index is 13.9. The molecule has 1 aromatic carbocycles. The van der Waals surface area contributed by atoms with Gasteiger partial charge < -0.3 is 19.9 Å². The highest BCUT2D eigenvalue weighted by molar-refractivity contribution is 7.14. The maximum absolute atomic E-state index is 13.9. The molecule has 0 saturated carbocycles. The van der Waals surface area contributed by atoms with Gasteiger partial charge in [-0.2, -0.15) is 0 Å². The number of methoxy groups -OCH3 is 1. The van der Waals surface area contributed by atoms with E-state index in [1.54, 1.807) is 12.1 Å². The summed E-state index contributed by atoms with van der Waals surface area (Å²) in [7, 11) is 5.55. The third kappa shape index (κ3) is 5.27. The third-order valence-corrected chi connectivity index (χ3v) is 5.68. The highest BCUT2D eigenvalue weighted by atomic mass is 32.1. The molecule has 3 rings (SSSR count). The SMILES string of the molecule is COc1ccc(-c2csc(NC(=O)C3CCCN(CCN(C)C)C3)n2)cc1F. The minimum absolute atomic E-state index is 0.0105. The van der Waals surface area contributed by atoms with Gasteiger partial charge in [-0.25, -0.2) is 9.37 Å². The fourth-order valence-corrected chi connectivity index (χ4v) is 4.03. The lowest BCUT2D eigenvalue weighted by Crippen LogP contribution is -2.43. The van der Waals surface area contributed by atoms with Crippen LogP contribution in [0.25, 0.3) is 11.3 Å². The van der Waals surface area contributed by atoms with E-state index in [0.717, 1.165) is 39.0 Å². The van der Waals surface area contributed by atoms with Gasteiger partial charge in [-0.15, -0.1) is 11.3 Å². The van der Waals surface area contributed by atoms with Gasteiger partial charge in [0.2, 0.25) is 5.91 Å². The normalized spacial score (nSPS) is 17.7. The second-order valence-electron chi connectivity index (χ2n) is 7.32. The number of thiazole rings is 1. The molecule has 2 heterocycles. The molecule has 152 valence electrons. The lowest BCUT2D eigenvalue weighted by Gasteiger charge is -2.32. The van der Waals surface area contributed by atoms with Crippen LogP contribution >= 0.6 is 11.3 Å². The minimum atomic E-state index is -0.432. The first-order valence-corrected chi connectivity index (χ1v) is 10.3. The number of halogens is 1. The van der Waals surface area contributed by atoms with Gasteiger partial charge in [0.1, 0.15) is 0 Å². The van der Waals surface area contributed by atoms with Crippen LogP contribution in [-0.4, -0.2) is 68.1 Å². The molecule has 1 unspecified atom stereocenters. The summed E-state index contributed by atoms with van der Waals surface area (Å²) in [6.07, 6.45) is 1.92. The molecule has 1 amide bonds. The third-order valence-electron chi connectivity index (χ3n) is 4.92. The Kier molecular flexibility index (Phi) is 6.98. The van der Waals surface area contributed by atoms with Crippen LogP contribution in [0.1, 0.15) is 12.8 Å². The Hall–Kier alpha value is -2.03. The number of benzene rings is 1. The number of nitrogens with zero attached hydrogens (tertiary/aromatic N) is 3. The van der Waals surface area contributed by atoms with Crippen LogP contribution < -0.4 is 10.1 Å². The number of likely N-dealkylation sites (N-methyl/N-ethyl adjacent to an activating group) is 1. The van der Waals surface area contributed by atoms with E-state index in [9.17, 15) is 9.18 Å². The molecule has 1 saturated heterocycles. The Morgan fingerprint density at radius 3 is 3.00 bits per heavy atom. The van der Waals surface area contributed by atoms with Gasteiger partial charge in [0.05, 0.1) is 18.7 Å². The summed E-state index contributed by atoms with van der Waals surface area (Å²) >= 11 is 1.35. The predicted molar refractivity (Wildman–Crippen MR) is 110 cm³/mol. The van der Waals surface area contributed by atoms with E-state index in [2.05, 4.69) is 34.2 Å². The summed E-state index contributed by atoms with van der Waals surface area (Å²) in [5.74, 6) is -0.250. The van der Waals surface area contributed by atoms with Crippen molar-refractivity contribution in [1.29, 1.82) is 0 Å². The first kappa shape index (κ1) is 20.7. The number of likely N-dealkylation sites (tertiary alicyclic amines) is 1. The standard InChI is InChI=1S/C20H27FN4O2S/c1-24(2)9-10-25-8-4-5-15(12-25)19(26)23-20-22-17(13-28-20)14-6-7-18(27-3)16(21)11-14/h6-7,11,13,15H,4-5,8-10,12H2,1-3H3,(H,22,23,26). The molecule has 0 spiro atoms. The Morgan fingerprint density at radius 2 is 2.29 bits per heavy atom. The molecule has 2 aromatic rings. The molecule has 6 nitrogen and oxygen atoms in total. The molecule has 1 aromatic heterocycles. The lowest BCUT2D eigenvalue weighted by molar-refractivity contribution is -0.121. The number of anilines is 1. The van der Waals surface area contributed by atoms with Crippen LogP contribution in [-0.2, 0) is 4.79 Å². The highest BCUT2D eigenvalue weighted by Gasteiger charge is 2.26. The van der Waals surface area contributed by atoms with Gasteiger partial charge in [-0.3, -0.25) is 4.79 Å². The number of amides is 1. The molecule has 1 atom stereocenters. The maximum Gasteiger partial charge on any atom is 0.230 e. The van der Waals surface area contributed by atoms with Crippen molar-refractivity contribution in [3.05, 3.63) is 29.4 Å². The van der Waals surface area contributed by atoms with Crippen molar-refractivity contribution in [3.63, 3.8) is 0 Å². The molecule has 1 aliphatic rings. The Labute approximate surface area is 169 Å². The van der Waals surface area contributed by atoms with Gasteiger partial charge >= 0.3 is 0 Å². The van der Waals surface area contributed by atoms with Gasteiger partial charge in [0.25, 0.3) is 0 Å². The molecule has 0 aliphatic carbocycles. The van der Waals surface area contributed by atoms with Crippen molar-refractivity contribution in [3.8, 4) is 17.0 Å². The van der Waals surface area contributed by atoms with E-state index in [0.29, 0.717) is 16.4 Å². The molecular formula is C20H27FN4O2S. The molecule has 8 heteroatoms. The summed E-state index contributed by atoms with van der Waals surface area (Å²) in [6.45, 7) is 3.79. The van der Waals surface area contributed by atoms with Gasteiger partial charge in [0.15, 0.2) is 16.7 Å². The number of ether oxygens (including phenoxy) is 1. The van der Waals surface area contributed by atoms with Crippen molar-refractivity contribution in [2.45, 2.75) is 12.8 Å². The van der Waals surface area contributed by atoms with Crippen LogP contribution in [0.15, 0.2) is 23.6 Å². The highest BCUT2D eigenvalue weighted by Crippen LogP contribution is 2.29. The van der Waals surface area contributed by atoms with Crippen LogP contribution in [0.3, 0.4) is 0 Å². The first-order chi connectivity index (χ1) is 13.5. The molecule has 0 bridgehead atoms. The Morgan fingerprint density at radius 1 is 1.46 bits per heavy atom. The van der Waals surface area contributed by atoms with Crippen LogP contribution in [0, 0.1) is 11.7 Å². The van der Waals surface area contributed by atoms with E-state index >= 15 is 0 Å². The zero-order chi connectivity index (χ0) is 20.1. The summed E-state index contributed by atoms with van der Waals surface area (Å²) in [5, 5.41) is 5.30. The number of aromatic nitrogens is 1. The smallest absolute Gasteiger partial charge is 0.230 e. The molecular weight excluding hydrogens is 379 g/mol. The van der Waals surface area contributed by atoms with Crippen molar-refractivity contribution >= 4 is 22.4 Å². The van der Waals surface area contributed by atoms with Crippen molar-refractivity contribution in [2.75, 3.05) is 52.7 Å². The zero-order valence-electron chi connectivity index (χ0n) is 16.6. The zero-order valence-corrected chi connectivity index (χ0v) is 17.4. The Bertz CT molecular complexity index is 811. The number of carbonyl (C=O) groups excluding carboxylic acids is 1. The summed E-state index contributed by atoms with van der Waals surface area (Å²) < 4.78 is 18.9. The Balaban J connectivity index is 1.60.